The number of carbonyl (C=O) groups excluding carboxylic acids is 1. The summed E-state index contributed by atoms with van der Waals surface area (Å²) in [5.41, 5.74) is 7.66. The molecule has 1 unspecified atom stereocenters. The smallest absolute Gasteiger partial charge is 0.335 e. The third kappa shape index (κ3) is 5.78. The molecule has 0 aliphatic carbocycles. The average Bonchev–Trinajstić information content (AvgIpc) is 3.41. The van der Waals surface area contributed by atoms with Crippen LogP contribution in [0.4, 0.5) is 5.69 Å². The second kappa shape index (κ2) is 11.8. The van der Waals surface area contributed by atoms with E-state index in [0.29, 0.717) is 38.5 Å². The largest absolute Gasteiger partial charge is 0.493 e. The molecular formula is C33H35N3O4. The normalized spacial score (nSPS) is 14.6. The molecule has 5 rings (SSSR count). The SMILES string of the molecule is Cc1cccc(OCCCC(=O)N2CCC(C)c3c(-c4cnn(Cc5cccc(C(=O)O)c5)c4)cccc32)c1C. The van der Waals surface area contributed by atoms with Gasteiger partial charge in [-0.1, -0.05) is 43.3 Å². The van der Waals surface area contributed by atoms with Crippen LogP contribution in [0.1, 0.15) is 64.7 Å². The maximum atomic E-state index is 13.3. The number of anilines is 1. The van der Waals surface area contributed by atoms with Gasteiger partial charge in [-0.2, -0.15) is 5.10 Å². The molecule has 7 heteroatoms. The van der Waals surface area contributed by atoms with Gasteiger partial charge in [-0.3, -0.25) is 9.48 Å². The van der Waals surface area contributed by atoms with Crippen LogP contribution in [-0.4, -0.2) is 39.9 Å². The molecule has 206 valence electrons. The minimum atomic E-state index is -0.944. The zero-order chi connectivity index (χ0) is 28.2. The maximum absolute atomic E-state index is 13.3. The molecule has 2 heterocycles. The quantitative estimate of drug-likeness (QED) is 0.243. The summed E-state index contributed by atoms with van der Waals surface area (Å²) in [7, 11) is 0. The summed E-state index contributed by atoms with van der Waals surface area (Å²) in [5, 5.41) is 13.8. The van der Waals surface area contributed by atoms with Crippen LogP contribution in [0.15, 0.2) is 73.1 Å². The van der Waals surface area contributed by atoms with Gasteiger partial charge in [0, 0.05) is 30.4 Å². The topological polar surface area (TPSA) is 84.7 Å². The minimum Gasteiger partial charge on any atom is -0.493 e. The molecule has 1 atom stereocenters. The first-order valence-electron chi connectivity index (χ1n) is 13.8. The Labute approximate surface area is 235 Å². The second-order valence-corrected chi connectivity index (χ2v) is 10.6. The summed E-state index contributed by atoms with van der Waals surface area (Å²) in [6.45, 7) is 8.01. The van der Waals surface area contributed by atoms with E-state index in [0.717, 1.165) is 40.1 Å². The molecule has 1 amide bonds. The van der Waals surface area contributed by atoms with Crippen molar-refractivity contribution in [3.63, 3.8) is 0 Å². The molecule has 0 saturated carbocycles. The summed E-state index contributed by atoms with van der Waals surface area (Å²) in [4.78, 5) is 26.6. The summed E-state index contributed by atoms with van der Waals surface area (Å²) in [6.07, 6.45) is 5.81. The van der Waals surface area contributed by atoms with Crippen molar-refractivity contribution < 1.29 is 19.4 Å². The van der Waals surface area contributed by atoms with Gasteiger partial charge in [-0.15, -0.1) is 0 Å². The van der Waals surface area contributed by atoms with Gasteiger partial charge in [-0.05, 0) is 84.7 Å². The van der Waals surface area contributed by atoms with E-state index < -0.39 is 5.97 Å². The number of carbonyl (C=O) groups is 2. The number of carboxylic acids is 1. The molecule has 0 saturated heterocycles. The van der Waals surface area contributed by atoms with Crippen molar-refractivity contribution in [2.75, 3.05) is 18.1 Å². The van der Waals surface area contributed by atoms with Gasteiger partial charge in [0.15, 0.2) is 0 Å². The van der Waals surface area contributed by atoms with Crippen molar-refractivity contribution >= 4 is 17.6 Å². The van der Waals surface area contributed by atoms with Crippen molar-refractivity contribution in [3.8, 4) is 16.9 Å². The highest BCUT2D eigenvalue weighted by atomic mass is 16.5. The predicted molar refractivity (Wildman–Crippen MR) is 156 cm³/mol. The van der Waals surface area contributed by atoms with E-state index in [1.807, 2.05) is 52.3 Å². The van der Waals surface area contributed by atoms with Gasteiger partial charge in [0.2, 0.25) is 5.91 Å². The highest BCUT2D eigenvalue weighted by molar-refractivity contribution is 5.96. The van der Waals surface area contributed by atoms with Crippen LogP contribution in [0.5, 0.6) is 5.75 Å². The maximum Gasteiger partial charge on any atom is 0.335 e. The third-order valence-electron chi connectivity index (χ3n) is 7.76. The van der Waals surface area contributed by atoms with Crippen molar-refractivity contribution in [1.82, 2.24) is 9.78 Å². The van der Waals surface area contributed by atoms with E-state index >= 15 is 0 Å². The summed E-state index contributed by atoms with van der Waals surface area (Å²) >= 11 is 0. The molecule has 1 aliphatic rings. The zero-order valence-electron chi connectivity index (χ0n) is 23.3. The fourth-order valence-electron chi connectivity index (χ4n) is 5.40. The Balaban J connectivity index is 1.29. The Hall–Kier alpha value is -4.39. The van der Waals surface area contributed by atoms with Crippen LogP contribution >= 0.6 is 0 Å². The van der Waals surface area contributed by atoms with E-state index in [1.54, 1.807) is 18.2 Å². The minimum absolute atomic E-state index is 0.115. The Morgan fingerprint density at radius 2 is 1.88 bits per heavy atom. The number of hydrogen-bond acceptors (Lipinski definition) is 4. The number of carboxylic acid groups (broad SMARTS) is 1. The first-order chi connectivity index (χ1) is 19.3. The van der Waals surface area contributed by atoms with Crippen LogP contribution in [-0.2, 0) is 11.3 Å². The Morgan fingerprint density at radius 1 is 1.07 bits per heavy atom. The van der Waals surface area contributed by atoms with Gasteiger partial charge in [0.25, 0.3) is 0 Å². The molecule has 1 aliphatic heterocycles. The first-order valence-corrected chi connectivity index (χ1v) is 13.8. The van der Waals surface area contributed by atoms with Crippen molar-refractivity contribution in [2.24, 2.45) is 0 Å². The first kappa shape index (κ1) is 27.2. The van der Waals surface area contributed by atoms with E-state index in [9.17, 15) is 14.7 Å². The number of aromatic carboxylic acids is 1. The number of benzene rings is 3. The number of fused-ring (bicyclic) bond motifs is 1. The predicted octanol–water partition coefficient (Wildman–Crippen LogP) is 6.61. The molecule has 0 fully saturated rings. The highest BCUT2D eigenvalue weighted by Crippen LogP contribution is 2.41. The second-order valence-electron chi connectivity index (χ2n) is 10.6. The third-order valence-corrected chi connectivity index (χ3v) is 7.76. The molecule has 0 radical (unpaired) electrons. The summed E-state index contributed by atoms with van der Waals surface area (Å²) in [5.74, 6) is 0.354. The van der Waals surface area contributed by atoms with Crippen LogP contribution in [0, 0.1) is 13.8 Å². The van der Waals surface area contributed by atoms with Gasteiger partial charge in [-0.25, -0.2) is 4.79 Å². The van der Waals surface area contributed by atoms with Crippen LogP contribution in [0.25, 0.3) is 11.1 Å². The van der Waals surface area contributed by atoms with Gasteiger partial charge in [0.05, 0.1) is 24.9 Å². The van der Waals surface area contributed by atoms with E-state index in [4.69, 9.17) is 4.74 Å². The van der Waals surface area contributed by atoms with Gasteiger partial charge in [0.1, 0.15) is 5.75 Å². The zero-order valence-corrected chi connectivity index (χ0v) is 23.3. The van der Waals surface area contributed by atoms with E-state index in [2.05, 4.69) is 38.0 Å². The molecule has 40 heavy (non-hydrogen) atoms. The molecular weight excluding hydrogens is 502 g/mol. The Bertz CT molecular complexity index is 1540. The number of nitrogens with zero attached hydrogens (tertiary/aromatic N) is 3. The number of aryl methyl sites for hydroxylation is 1. The monoisotopic (exact) mass is 537 g/mol. The number of ether oxygens (including phenoxy) is 1. The molecule has 3 aromatic carbocycles. The standard InChI is InChI=1S/C33H35N3O4/c1-22-8-4-13-30(24(22)3)40-17-7-14-31(37)36-16-15-23(2)32-28(11-6-12-29(32)36)27-19-34-35(21-27)20-25-9-5-10-26(18-25)33(38)39/h4-6,8-13,18-19,21,23H,7,14-17,20H2,1-3H3,(H,38,39). The number of hydrogen-bond donors (Lipinski definition) is 1. The van der Waals surface area contributed by atoms with E-state index in [1.165, 1.54) is 11.1 Å². The Kier molecular flexibility index (Phi) is 8.01. The highest BCUT2D eigenvalue weighted by Gasteiger charge is 2.29. The molecule has 4 aromatic rings. The molecule has 0 bridgehead atoms. The summed E-state index contributed by atoms with van der Waals surface area (Å²) in [6, 6.07) is 19.1. The fourth-order valence-corrected chi connectivity index (χ4v) is 5.40. The molecule has 1 N–H and O–H groups in total. The van der Waals surface area contributed by atoms with E-state index in [-0.39, 0.29) is 11.5 Å². The average molecular weight is 538 g/mol. The lowest BCUT2D eigenvalue weighted by atomic mass is 9.85. The number of rotatable bonds is 9. The lowest BCUT2D eigenvalue weighted by molar-refractivity contribution is -0.118. The fraction of sp³-hybridized carbons (Fsp3) is 0.303. The molecule has 7 nitrogen and oxygen atoms in total. The van der Waals surface area contributed by atoms with Crippen LogP contribution in [0.3, 0.4) is 0 Å². The van der Waals surface area contributed by atoms with Crippen molar-refractivity contribution in [3.05, 3.63) is 101 Å². The van der Waals surface area contributed by atoms with Crippen molar-refractivity contribution in [2.45, 2.75) is 52.5 Å². The molecule has 1 aromatic heterocycles. The van der Waals surface area contributed by atoms with Gasteiger partial charge >= 0.3 is 5.97 Å². The summed E-state index contributed by atoms with van der Waals surface area (Å²) < 4.78 is 7.79. The van der Waals surface area contributed by atoms with Crippen LogP contribution < -0.4 is 9.64 Å². The Morgan fingerprint density at radius 3 is 2.70 bits per heavy atom. The number of aromatic nitrogens is 2. The number of amides is 1. The van der Waals surface area contributed by atoms with Gasteiger partial charge < -0.3 is 14.7 Å². The molecule has 0 spiro atoms. The lowest BCUT2D eigenvalue weighted by Crippen LogP contribution is -2.36. The lowest BCUT2D eigenvalue weighted by Gasteiger charge is -2.34. The van der Waals surface area contributed by atoms with Crippen molar-refractivity contribution in [1.29, 1.82) is 0 Å². The van der Waals surface area contributed by atoms with Crippen LogP contribution in [0.2, 0.25) is 0 Å².